The molecule has 0 aliphatic rings. The minimum atomic E-state index is 0.742. The lowest BCUT2D eigenvalue weighted by Gasteiger charge is -2.09. The van der Waals surface area contributed by atoms with Gasteiger partial charge in [0.05, 0.1) is 17.7 Å². The molecule has 2 heterocycles. The molecular formula is C12H15N3O. The normalized spacial score (nSPS) is 10.4. The van der Waals surface area contributed by atoms with Crippen LogP contribution >= 0.6 is 0 Å². The van der Waals surface area contributed by atoms with Crippen LogP contribution in [0.4, 0.5) is 5.82 Å². The summed E-state index contributed by atoms with van der Waals surface area (Å²) in [6.45, 7) is 6.74. The Hall–Kier alpha value is -1.84. The zero-order valence-corrected chi connectivity index (χ0v) is 9.74. The van der Waals surface area contributed by atoms with Gasteiger partial charge in [0.1, 0.15) is 5.69 Å². The van der Waals surface area contributed by atoms with Gasteiger partial charge < -0.3 is 9.73 Å². The second-order valence-electron chi connectivity index (χ2n) is 3.60. The van der Waals surface area contributed by atoms with E-state index in [0.29, 0.717) is 0 Å². The van der Waals surface area contributed by atoms with Gasteiger partial charge in [-0.05, 0) is 32.9 Å². The second kappa shape index (κ2) is 4.35. The Bertz CT molecular complexity index is 477. The van der Waals surface area contributed by atoms with E-state index >= 15 is 0 Å². The predicted octanol–water partition coefficient (Wildman–Crippen LogP) is 2.79. The standard InChI is InChI=1S/C12H15N3O/c1-4-13-12-11(10-6-5-7-16-10)14-8(2)9(3)15-12/h5-7H,4H2,1-3H3,(H,13,15). The summed E-state index contributed by atoms with van der Waals surface area (Å²) < 4.78 is 5.36. The molecule has 0 atom stereocenters. The number of aromatic nitrogens is 2. The molecule has 0 unspecified atom stereocenters. The number of aryl methyl sites for hydroxylation is 2. The Kier molecular flexibility index (Phi) is 2.90. The van der Waals surface area contributed by atoms with Crippen molar-refractivity contribution in [2.24, 2.45) is 0 Å². The number of hydrogen-bond donors (Lipinski definition) is 1. The minimum absolute atomic E-state index is 0.742. The number of nitrogens with zero attached hydrogens (tertiary/aromatic N) is 2. The first-order valence-corrected chi connectivity index (χ1v) is 5.35. The fraction of sp³-hybridized carbons (Fsp3) is 0.333. The van der Waals surface area contributed by atoms with E-state index in [1.807, 2.05) is 32.9 Å². The van der Waals surface area contributed by atoms with E-state index < -0.39 is 0 Å². The maximum absolute atomic E-state index is 5.36. The van der Waals surface area contributed by atoms with Crippen LogP contribution in [0.5, 0.6) is 0 Å². The van der Waals surface area contributed by atoms with Crippen molar-refractivity contribution >= 4 is 5.82 Å². The van der Waals surface area contributed by atoms with Crippen molar-refractivity contribution in [2.75, 3.05) is 11.9 Å². The zero-order valence-electron chi connectivity index (χ0n) is 9.74. The van der Waals surface area contributed by atoms with Gasteiger partial charge in [-0.25, -0.2) is 9.97 Å². The lowest BCUT2D eigenvalue weighted by Crippen LogP contribution is -2.05. The van der Waals surface area contributed by atoms with E-state index in [-0.39, 0.29) is 0 Å². The Morgan fingerprint density at radius 2 is 2.00 bits per heavy atom. The number of hydrogen-bond acceptors (Lipinski definition) is 4. The molecule has 0 saturated carbocycles. The van der Waals surface area contributed by atoms with Crippen LogP contribution in [0.15, 0.2) is 22.8 Å². The Labute approximate surface area is 94.7 Å². The third-order valence-electron chi connectivity index (χ3n) is 2.41. The van der Waals surface area contributed by atoms with Crippen molar-refractivity contribution in [1.82, 2.24) is 9.97 Å². The van der Waals surface area contributed by atoms with Gasteiger partial charge in [-0.1, -0.05) is 0 Å². The van der Waals surface area contributed by atoms with E-state index in [1.54, 1.807) is 6.26 Å². The maximum Gasteiger partial charge on any atom is 0.156 e. The Morgan fingerprint density at radius 1 is 1.25 bits per heavy atom. The van der Waals surface area contributed by atoms with Crippen molar-refractivity contribution in [3.05, 3.63) is 29.8 Å². The van der Waals surface area contributed by atoms with Crippen LogP contribution in [0.2, 0.25) is 0 Å². The van der Waals surface area contributed by atoms with Crippen molar-refractivity contribution in [3.63, 3.8) is 0 Å². The second-order valence-corrected chi connectivity index (χ2v) is 3.60. The van der Waals surface area contributed by atoms with Gasteiger partial charge >= 0.3 is 0 Å². The molecule has 4 heteroatoms. The highest BCUT2D eigenvalue weighted by molar-refractivity contribution is 5.67. The molecule has 0 spiro atoms. The average molecular weight is 217 g/mol. The van der Waals surface area contributed by atoms with E-state index in [0.717, 1.165) is 35.2 Å². The SMILES string of the molecule is CCNc1nc(C)c(C)nc1-c1ccco1. The molecule has 2 rings (SSSR count). The molecule has 84 valence electrons. The summed E-state index contributed by atoms with van der Waals surface area (Å²) in [6, 6.07) is 3.74. The lowest BCUT2D eigenvalue weighted by molar-refractivity contribution is 0.579. The van der Waals surface area contributed by atoms with E-state index in [1.165, 1.54) is 0 Å². The molecule has 4 nitrogen and oxygen atoms in total. The quantitative estimate of drug-likeness (QED) is 0.858. The highest BCUT2D eigenvalue weighted by atomic mass is 16.3. The fourth-order valence-electron chi connectivity index (χ4n) is 1.48. The fourth-order valence-corrected chi connectivity index (χ4v) is 1.48. The smallest absolute Gasteiger partial charge is 0.156 e. The van der Waals surface area contributed by atoms with Gasteiger partial charge in [0.2, 0.25) is 0 Å². The molecule has 0 bridgehead atoms. The van der Waals surface area contributed by atoms with E-state index in [2.05, 4.69) is 15.3 Å². The van der Waals surface area contributed by atoms with Gasteiger partial charge in [-0.2, -0.15) is 0 Å². The Balaban J connectivity index is 2.54. The first-order valence-electron chi connectivity index (χ1n) is 5.35. The molecule has 2 aromatic heterocycles. The number of rotatable bonds is 3. The molecule has 2 aromatic rings. The van der Waals surface area contributed by atoms with Crippen molar-refractivity contribution in [2.45, 2.75) is 20.8 Å². The van der Waals surface area contributed by atoms with Crippen LogP contribution in [0.25, 0.3) is 11.5 Å². The minimum Gasteiger partial charge on any atom is -0.463 e. The molecule has 0 saturated heterocycles. The van der Waals surface area contributed by atoms with Gasteiger partial charge in [0.25, 0.3) is 0 Å². The summed E-state index contributed by atoms with van der Waals surface area (Å²) in [7, 11) is 0. The first-order chi connectivity index (χ1) is 7.72. The van der Waals surface area contributed by atoms with Crippen molar-refractivity contribution in [1.29, 1.82) is 0 Å². The third kappa shape index (κ3) is 1.91. The molecule has 0 radical (unpaired) electrons. The molecule has 0 aromatic carbocycles. The van der Waals surface area contributed by atoms with Crippen LogP contribution in [0.1, 0.15) is 18.3 Å². The lowest BCUT2D eigenvalue weighted by atomic mass is 10.2. The molecular weight excluding hydrogens is 202 g/mol. The summed E-state index contributed by atoms with van der Waals surface area (Å²) in [5, 5.41) is 3.20. The summed E-state index contributed by atoms with van der Waals surface area (Å²) in [5.74, 6) is 1.52. The average Bonchev–Trinajstić information content (AvgIpc) is 2.76. The van der Waals surface area contributed by atoms with Crippen LogP contribution in [0.3, 0.4) is 0 Å². The van der Waals surface area contributed by atoms with E-state index in [4.69, 9.17) is 4.42 Å². The molecule has 16 heavy (non-hydrogen) atoms. The Morgan fingerprint density at radius 3 is 2.62 bits per heavy atom. The van der Waals surface area contributed by atoms with Crippen LogP contribution in [0, 0.1) is 13.8 Å². The van der Waals surface area contributed by atoms with Crippen LogP contribution in [-0.4, -0.2) is 16.5 Å². The molecule has 0 aliphatic carbocycles. The number of anilines is 1. The first kappa shape index (κ1) is 10.7. The highest BCUT2D eigenvalue weighted by Gasteiger charge is 2.12. The molecule has 0 aliphatic heterocycles. The number of nitrogens with one attached hydrogen (secondary N) is 1. The van der Waals surface area contributed by atoms with Gasteiger partial charge in [-0.15, -0.1) is 0 Å². The zero-order chi connectivity index (χ0) is 11.5. The van der Waals surface area contributed by atoms with Crippen molar-refractivity contribution in [3.8, 4) is 11.5 Å². The van der Waals surface area contributed by atoms with Gasteiger partial charge in [0.15, 0.2) is 11.6 Å². The summed E-state index contributed by atoms with van der Waals surface area (Å²) in [5.41, 5.74) is 2.63. The van der Waals surface area contributed by atoms with Gasteiger partial charge in [-0.3, -0.25) is 0 Å². The number of furan rings is 1. The van der Waals surface area contributed by atoms with E-state index in [9.17, 15) is 0 Å². The summed E-state index contributed by atoms with van der Waals surface area (Å²) >= 11 is 0. The van der Waals surface area contributed by atoms with Crippen molar-refractivity contribution < 1.29 is 4.42 Å². The van der Waals surface area contributed by atoms with Gasteiger partial charge in [0, 0.05) is 6.54 Å². The predicted molar refractivity (Wildman–Crippen MR) is 63.4 cm³/mol. The molecule has 0 fully saturated rings. The molecule has 1 N–H and O–H groups in total. The monoisotopic (exact) mass is 217 g/mol. The highest BCUT2D eigenvalue weighted by Crippen LogP contribution is 2.25. The summed E-state index contributed by atoms with van der Waals surface area (Å²) in [4.78, 5) is 9.00. The third-order valence-corrected chi connectivity index (χ3v) is 2.41. The molecule has 0 amide bonds. The van der Waals surface area contributed by atoms with Crippen LogP contribution < -0.4 is 5.32 Å². The largest absolute Gasteiger partial charge is 0.463 e. The van der Waals surface area contributed by atoms with Crippen LogP contribution in [-0.2, 0) is 0 Å². The topological polar surface area (TPSA) is 51.0 Å². The summed E-state index contributed by atoms with van der Waals surface area (Å²) in [6.07, 6.45) is 1.64. The maximum atomic E-state index is 5.36.